The van der Waals surface area contributed by atoms with Crippen molar-refractivity contribution in [2.24, 2.45) is 0 Å². The number of aromatic nitrogens is 2. The van der Waals surface area contributed by atoms with E-state index >= 15 is 0 Å². The molecule has 0 aliphatic rings. The standard InChI is InChI=1S/C12H12N2O3S/c1-6-4-8(9(17-3)5-7(6)2)10-11(12(15)16)14-18-13-10/h4-5H,1-3H3,(H,15,16). The average molecular weight is 264 g/mol. The van der Waals surface area contributed by atoms with E-state index in [-0.39, 0.29) is 5.69 Å². The minimum absolute atomic E-state index is 0.0402. The van der Waals surface area contributed by atoms with Gasteiger partial charge in [-0.3, -0.25) is 0 Å². The zero-order valence-corrected chi connectivity index (χ0v) is 11.0. The maximum Gasteiger partial charge on any atom is 0.357 e. The molecule has 0 aliphatic carbocycles. The molecule has 0 spiro atoms. The summed E-state index contributed by atoms with van der Waals surface area (Å²) in [4.78, 5) is 11.1. The molecule has 94 valence electrons. The fourth-order valence-corrected chi connectivity index (χ4v) is 2.20. The van der Waals surface area contributed by atoms with E-state index in [1.54, 1.807) is 7.11 Å². The molecular formula is C12H12N2O3S. The number of aryl methyl sites for hydroxylation is 2. The molecule has 2 aromatic rings. The first-order valence-corrected chi connectivity index (χ1v) is 5.99. The molecule has 0 fully saturated rings. The number of carboxylic acid groups (broad SMARTS) is 1. The van der Waals surface area contributed by atoms with Gasteiger partial charge in [-0.15, -0.1) is 0 Å². The number of carbonyl (C=O) groups is 1. The maximum absolute atomic E-state index is 11.1. The van der Waals surface area contributed by atoms with Crippen LogP contribution >= 0.6 is 11.7 Å². The third-order valence-corrected chi connectivity index (χ3v) is 3.29. The van der Waals surface area contributed by atoms with E-state index in [1.807, 2.05) is 26.0 Å². The zero-order valence-electron chi connectivity index (χ0n) is 10.2. The number of hydrogen-bond acceptors (Lipinski definition) is 5. The highest BCUT2D eigenvalue weighted by Crippen LogP contribution is 2.33. The van der Waals surface area contributed by atoms with Crippen molar-refractivity contribution >= 4 is 17.7 Å². The minimum Gasteiger partial charge on any atom is -0.496 e. The van der Waals surface area contributed by atoms with Gasteiger partial charge < -0.3 is 9.84 Å². The van der Waals surface area contributed by atoms with Gasteiger partial charge in [0.25, 0.3) is 0 Å². The summed E-state index contributed by atoms with van der Waals surface area (Å²) in [6.07, 6.45) is 0. The Morgan fingerprint density at radius 2 is 1.94 bits per heavy atom. The Morgan fingerprint density at radius 1 is 1.28 bits per heavy atom. The van der Waals surface area contributed by atoms with Crippen molar-refractivity contribution in [3.8, 4) is 17.0 Å². The maximum atomic E-state index is 11.1. The Bertz CT molecular complexity index is 607. The monoisotopic (exact) mass is 264 g/mol. The summed E-state index contributed by atoms with van der Waals surface area (Å²) in [6, 6.07) is 3.74. The van der Waals surface area contributed by atoms with Crippen LogP contribution in [0.4, 0.5) is 0 Å². The SMILES string of the molecule is COc1cc(C)c(C)cc1-c1nsnc1C(=O)O. The molecule has 0 saturated carbocycles. The summed E-state index contributed by atoms with van der Waals surface area (Å²) in [5.74, 6) is -0.479. The quantitative estimate of drug-likeness (QED) is 0.922. The van der Waals surface area contributed by atoms with Crippen LogP contribution < -0.4 is 4.74 Å². The van der Waals surface area contributed by atoms with E-state index in [9.17, 15) is 4.79 Å². The Hall–Kier alpha value is -1.95. The van der Waals surface area contributed by atoms with Crippen LogP contribution in [0.25, 0.3) is 11.3 Å². The molecule has 1 aromatic heterocycles. The predicted octanol–water partition coefficient (Wildman–Crippen LogP) is 2.53. The Balaban J connectivity index is 2.66. The summed E-state index contributed by atoms with van der Waals surface area (Å²) < 4.78 is 13.1. The van der Waals surface area contributed by atoms with Crippen LogP contribution in [0.15, 0.2) is 12.1 Å². The van der Waals surface area contributed by atoms with Gasteiger partial charge in [0.2, 0.25) is 0 Å². The van der Waals surface area contributed by atoms with Gasteiger partial charge >= 0.3 is 5.97 Å². The molecule has 5 nitrogen and oxygen atoms in total. The lowest BCUT2D eigenvalue weighted by molar-refractivity contribution is 0.0692. The Kier molecular flexibility index (Phi) is 3.29. The number of ether oxygens (including phenoxy) is 1. The van der Waals surface area contributed by atoms with Gasteiger partial charge in [-0.1, -0.05) is 0 Å². The van der Waals surface area contributed by atoms with Crippen LogP contribution in [-0.2, 0) is 0 Å². The highest BCUT2D eigenvalue weighted by molar-refractivity contribution is 6.99. The number of hydrogen-bond donors (Lipinski definition) is 1. The number of carboxylic acids is 1. The molecule has 0 atom stereocenters. The van der Waals surface area contributed by atoms with Crippen LogP contribution in [-0.4, -0.2) is 26.9 Å². The molecule has 0 radical (unpaired) electrons. The predicted molar refractivity (Wildman–Crippen MR) is 68.3 cm³/mol. The highest BCUT2D eigenvalue weighted by atomic mass is 32.1. The molecule has 1 heterocycles. The lowest BCUT2D eigenvalue weighted by Gasteiger charge is -2.10. The molecule has 18 heavy (non-hydrogen) atoms. The van der Waals surface area contributed by atoms with E-state index in [2.05, 4.69) is 8.75 Å². The highest BCUT2D eigenvalue weighted by Gasteiger charge is 2.20. The van der Waals surface area contributed by atoms with Crippen molar-refractivity contribution in [3.05, 3.63) is 29.0 Å². The fourth-order valence-electron chi connectivity index (χ4n) is 1.65. The molecule has 0 amide bonds. The van der Waals surface area contributed by atoms with Crippen molar-refractivity contribution in [1.82, 2.24) is 8.75 Å². The average Bonchev–Trinajstić information content (AvgIpc) is 2.81. The van der Waals surface area contributed by atoms with Gasteiger partial charge in [0, 0.05) is 5.56 Å². The molecule has 0 aliphatic heterocycles. The zero-order chi connectivity index (χ0) is 13.3. The lowest BCUT2D eigenvalue weighted by Crippen LogP contribution is -2.00. The second-order valence-electron chi connectivity index (χ2n) is 3.90. The summed E-state index contributed by atoms with van der Waals surface area (Å²) in [6.45, 7) is 3.93. The molecule has 1 N–H and O–H groups in total. The normalized spacial score (nSPS) is 10.4. The van der Waals surface area contributed by atoms with E-state index in [1.165, 1.54) is 0 Å². The molecule has 0 unspecified atom stereocenters. The van der Waals surface area contributed by atoms with E-state index in [4.69, 9.17) is 9.84 Å². The largest absolute Gasteiger partial charge is 0.496 e. The summed E-state index contributed by atoms with van der Waals surface area (Å²) in [5.41, 5.74) is 3.10. The van der Waals surface area contributed by atoms with Crippen molar-refractivity contribution in [3.63, 3.8) is 0 Å². The summed E-state index contributed by atoms with van der Waals surface area (Å²) >= 11 is 0.882. The number of nitrogens with zero attached hydrogens (tertiary/aromatic N) is 2. The molecular weight excluding hydrogens is 252 g/mol. The van der Waals surface area contributed by atoms with Crippen molar-refractivity contribution in [2.45, 2.75) is 13.8 Å². The number of rotatable bonds is 3. The number of methoxy groups -OCH3 is 1. The first-order valence-electron chi connectivity index (χ1n) is 5.26. The van der Waals surface area contributed by atoms with Gasteiger partial charge in [-0.25, -0.2) is 4.79 Å². The fraction of sp³-hybridized carbons (Fsp3) is 0.250. The third kappa shape index (κ3) is 2.06. The van der Waals surface area contributed by atoms with Gasteiger partial charge in [-0.05, 0) is 37.1 Å². The lowest BCUT2D eigenvalue weighted by atomic mass is 10.0. The second-order valence-corrected chi connectivity index (χ2v) is 4.43. The van der Waals surface area contributed by atoms with Gasteiger partial charge in [-0.2, -0.15) is 8.75 Å². The van der Waals surface area contributed by atoms with Crippen LogP contribution in [0.3, 0.4) is 0 Å². The van der Waals surface area contributed by atoms with Crippen molar-refractivity contribution in [1.29, 1.82) is 0 Å². The molecule has 0 bridgehead atoms. The number of benzene rings is 1. The van der Waals surface area contributed by atoms with Crippen LogP contribution in [0.2, 0.25) is 0 Å². The van der Waals surface area contributed by atoms with Gasteiger partial charge in [0.15, 0.2) is 5.69 Å². The molecule has 1 aromatic carbocycles. The van der Waals surface area contributed by atoms with E-state index in [0.717, 1.165) is 22.9 Å². The van der Waals surface area contributed by atoms with Crippen LogP contribution in [0.5, 0.6) is 5.75 Å². The van der Waals surface area contributed by atoms with Gasteiger partial charge in [0.05, 0.1) is 18.8 Å². The molecule has 2 rings (SSSR count). The van der Waals surface area contributed by atoms with Crippen molar-refractivity contribution in [2.75, 3.05) is 7.11 Å². The Morgan fingerprint density at radius 3 is 2.56 bits per heavy atom. The third-order valence-electron chi connectivity index (χ3n) is 2.76. The smallest absolute Gasteiger partial charge is 0.357 e. The first kappa shape index (κ1) is 12.5. The van der Waals surface area contributed by atoms with Gasteiger partial charge in [0.1, 0.15) is 11.4 Å². The van der Waals surface area contributed by atoms with E-state index < -0.39 is 5.97 Å². The van der Waals surface area contributed by atoms with Crippen molar-refractivity contribution < 1.29 is 14.6 Å². The number of aromatic carboxylic acids is 1. The molecule has 6 heteroatoms. The topological polar surface area (TPSA) is 72.3 Å². The first-order chi connectivity index (χ1) is 8.54. The van der Waals surface area contributed by atoms with Crippen LogP contribution in [0.1, 0.15) is 21.6 Å². The summed E-state index contributed by atoms with van der Waals surface area (Å²) in [7, 11) is 1.55. The molecule has 0 saturated heterocycles. The minimum atomic E-state index is -1.08. The second kappa shape index (κ2) is 4.73. The Labute approximate surface area is 108 Å². The van der Waals surface area contributed by atoms with Crippen LogP contribution in [0, 0.1) is 13.8 Å². The summed E-state index contributed by atoms with van der Waals surface area (Å²) in [5, 5.41) is 9.07. The van der Waals surface area contributed by atoms with E-state index in [0.29, 0.717) is 17.0 Å².